The summed E-state index contributed by atoms with van der Waals surface area (Å²) in [6.45, 7) is 0.392. The zero-order valence-electron chi connectivity index (χ0n) is 18.0. The van der Waals surface area contributed by atoms with Gasteiger partial charge in [-0.25, -0.2) is 0 Å². The number of halogens is 1. The van der Waals surface area contributed by atoms with Crippen molar-refractivity contribution in [1.29, 1.82) is 0 Å². The Hall–Kier alpha value is -3.14. The number of benzene rings is 3. The van der Waals surface area contributed by atoms with Crippen LogP contribution in [0, 0.1) is 0 Å². The molecule has 1 fully saturated rings. The van der Waals surface area contributed by atoms with Crippen molar-refractivity contribution < 1.29 is 19.1 Å². The Balaban J connectivity index is 1.46. The van der Waals surface area contributed by atoms with Crippen LogP contribution in [-0.4, -0.2) is 28.3 Å². The lowest BCUT2D eigenvalue weighted by atomic mass is 10.2. The van der Waals surface area contributed by atoms with Gasteiger partial charge in [0.1, 0.15) is 6.61 Å². The number of thioether (sulfide) groups is 1. The van der Waals surface area contributed by atoms with E-state index in [4.69, 9.17) is 21.7 Å². The van der Waals surface area contributed by atoms with Gasteiger partial charge >= 0.3 is 0 Å². The highest BCUT2D eigenvalue weighted by Crippen LogP contribution is 2.34. The second kappa shape index (κ2) is 10.9. The van der Waals surface area contributed by atoms with Crippen LogP contribution in [0.15, 0.2) is 82.2 Å². The molecule has 6 nitrogen and oxygen atoms in total. The number of carbonyl (C=O) groups is 2. The van der Waals surface area contributed by atoms with Gasteiger partial charge in [-0.2, -0.15) is 5.01 Å². The predicted octanol–water partition coefficient (Wildman–Crippen LogP) is 5.58. The van der Waals surface area contributed by atoms with Crippen LogP contribution in [-0.2, 0) is 11.4 Å². The molecular formula is C25H19BrN2O4S2. The summed E-state index contributed by atoms with van der Waals surface area (Å²) < 4.78 is 12.6. The van der Waals surface area contributed by atoms with Crippen LogP contribution in [0.25, 0.3) is 6.08 Å². The first-order chi connectivity index (χ1) is 16.4. The zero-order chi connectivity index (χ0) is 24.1. The van der Waals surface area contributed by atoms with E-state index in [2.05, 4.69) is 21.4 Å². The van der Waals surface area contributed by atoms with E-state index in [1.165, 1.54) is 0 Å². The summed E-state index contributed by atoms with van der Waals surface area (Å²) >= 11 is 9.84. The number of nitrogens with zero attached hydrogens (tertiary/aromatic N) is 1. The van der Waals surface area contributed by atoms with Crippen LogP contribution in [0.5, 0.6) is 11.5 Å². The average molecular weight is 555 g/mol. The Morgan fingerprint density at radius 2 is 1.82 bits per heavy atom. The number of hydrogen-bond donors (Lipinski definition) is 1. The Labute approximate surface area is 215 Å². The number of nitrogens with one attached hydrogen (secondary N) is 1. The molecular weight excluding hydrogens is 536 g/mol. The van der Waals surface area contributed by atoms with Crippen molar-refractivity contribution >= 4 is 62.1 Å². The van der Waals surface area contributed by atoms with Crippen LogP contribution in [0.3, 0.4) is 0 Å². The summed E-state index contributed by atoms with van der Waals surface area (Å²) in [5.41, 5.74) is 4.77. The van der Waals surface area contributed by atoms with Crippen LogP contribution >= 0.6 is 39.9 Å². The number of hydrazine groups is 1. The van der Waals surface area contributed by atoms with Crippen molar-refractivity contribution in [1.82, 2.24) is 10.4 Å². The minimum Gasteiger partial charge on any atom is -0.493 e. The molecule has 3 aromatic rings. The molecule has 2 amide bonds. The molecule has 0 aliphatic carbocycles. The van der Waals surface area contributed by atoms with Crippen molar-refractivity contribution in [2.24, 2.45) is 0 Å². The highest BCUT2D eigenvalue weighted by atomic mass is 79.9. The van der Waals surface area contributed by atoms with Crippen molar-refractivity contribution in [2.45, 2.75) is 6.61 Å². The number of amides is 2. The quantitative estimate of drug-likeness (QED) is 0.303. The van der Waals surface area contributed by atoms with E-state index in [0.717, 1.165) is 32.4 Å². The molecule has 1 heterocycles. The molecule has 172 valence electrons. The highest BCUT2D eigenvalue weighted by molar-refractivity contribution is 9.10. The zero-order valence-corrected chi connectivity index (χ0v) is 21.2. The molecule has 3 aromatic carbocycles. The summed E-state index contributed by atoms with van der Waals surface area (Å²) in [6, 6.07) is 21.9. The Bertz CT molecular complexity index is 1260. The SMILES string of the molecule is COc1cc(/C=C2/SC(=S)N(NC(=O)c3ccccc3)C2=O)ccc1OCc1ccc(Br)cc1. The maximum absolute atomic E-state index is 12.9. The number of carbonyl (C=O) groups excluding carboxylic acids is 2. The van der Waals surface area contributed by atoms with Gasteiger partial charge in [-0.05, 0) is 65.8 Å². The van der Waals surface area contributed by atoms with Crippen molar-refractivity contribution in [3.63, 3.8) is 0 Å². The lowest BCUT2D eigenvalue weighted by Gasteiger charge is -2.15. The number of methoxy groups -OCH3 is 1. The van der Waals surface area contributed by atoms with Crippen LogP contribution in [0.1, 0.15) is 21.5 Å². The van der Waals surface area contributed by atoms with E-state index < -0.39 is 11.8 Å². The van der Waals surface area contributed by atoms with Crippen LogP contribution < -0.4 is 14.9 Å². The fraction of sp³-hybridized carbons (Fsp3) is 0.0800. The maximum Gasteiger partial charge on any atom is 0.285 e. The van der Waals surface area contributed by atoms with Crippen molar-refractivity contribution in [3.05, 3.63) is 98.9 Å². The molecule has 1 saturated heterocycles. The predicted molar refractivity (Wildman–Crippen MR) is 140 cm³/mol. The molecule has 4 rings (SSSR count). The number of ether oxygens (including phenoxy) is 2. The molecule has 0 unspecified atom stereocenters. The van der Waals surface area contributed by atoms with E-state index in [0.29, 0.717) is 28.6 Å². The van der Waals surface area contributed by atoms with E-state index in [-0.39, 0.29) is 4.32 Å². The van der Waals surface area contributed by atoms with Gasteiger partial charge in [-0.3, -0.25) is 15.0 Å². The van der Waals surface area contributed by atoms with Gasteiger partial charge in [-0.15, -0.1) is 0 Å². The lowest BCUT2D eigenvalue weighted by molar-refractivity contribution is -0.123. The lowest BCUT2D eigenvalue weighted by Crippen LogP contribution is -2.44. The fourth-order valence-corrected chi connectivity index (χ4v) is 4.55. The number of hydrogen-bond acceptors (Lipinski definition) is 6. The molecule has 1 aliphatic rings. The fourth-order valence-electron chi connectivity index (χ4n) is 3.11. The van der Waals surface area contributed by atoms with Gasteiger partial charge in [-0.1, -0.05) is 64.1 Å². The summed E-state index contributed by atoms with van der Waals surface area (Å²) in [5, 5.41) is 1.09. The maximum atomic E-state index is 12.9. The first-order valence-corrected chi connectivity index (χ1v) is 12.2. The molecule has 0 aromatic heterocycles. The van der Waals surface area contributed by atoms with Gasteiger partial charge in [0.15, 0.2) is 15.8 Å². The molecule has 1 aliphatic heterocycles. The molecule has 9 heteroatoms. The standard InChI is InChI=1S/C25H19BrN2O4S2/c1-31-21-13-17(9-12-20(21)32-15-16-7-10-19(26)11-8-16)14-22-24(30)28(25(33)34-22)27-23(29)18-5-3-2-4-6-18/h2-14H,15H2,1H3,(H,27,29)/b22-14+. The molecule has 0 radical (unpaired) electrons. The smallest absolute Gasteiger partial charge is 0.285 e. The van der Waals surface area contributed by atoms with Gasteiger partial charge < -0.3 is 9.47 Å². The van der Waals surface area contributed by atoms with Gasteiger partial charge in [0.25, 0.3) is 11.8 Å². The second-order valence-electron chi connectivity index (χ2n) is 7.15. The molecule has 1 N–H and O–H groups in total. The van der Waals surface area contributed by atoms with E-state index in [1.807, 2.05) is 36.4 Å². The molecule has 0 bridgehead atoms. The number of thiocarbonyl (C=S) groups is 1. The third-order valence-corrected chi connectivity index (χ3v) is 6.67. The van der Waals surface area contributed by atoms with Gasteiger partial charge in [0.2, 0.25) is 0 Å². The van der Waals surface area contributed by atoms with Crippen LogP contribution in [0.2, 0.25) is 0 Å². The first kappa shape index (κ1) is 24.0. The van der Waals surface area contributed by atoms with Crippen molar-refractivity contribution in [3.8, 4) is 11.5 Å². The summed E-state index contributed by atoms with van der Waals surface area (Å²) in [6.07, 6.45) is 1.70. The van der Waals surface area contributed by atoms with E-state index in [9.17, 15) is 9.59 Å². The Morgan fingerprint density at radius 1 is 1.09 bits per heavy atom. The molecule has 0 spiro atoms. The monoisotopic (exact) mass is 554 g/mol. The van der Waals surface area contributed by atoms with E-state index >= 15 is 0 Å². The molecule has 0 atom stereocenters. The summed E-state index contributed by atoms with van der Waals surface area (Å²) in [5.74, 6) is 0.324. The minimum atomic E-state index is -0.410. The topological polar surface area (TPSA) is 67.9 Å². The largest absolute Gasteiger partial charge is 0.493 e. The second-order valence-corrected chi connectivity index (χ2v) is 9.74. The summed E-state index contributed by atoms with van der Waals surface area (Å²) in [7, 11) is 1.56. The first-order valence-electron chi connectivity index (χ1n) is 10.1. The van der Waals surface area contributed by atoms with Crippen LogP contribution in [0.4, 0.5) is 0 Å². The highest BCUT2D eigenvalue weighted by Gasteiger charge is 2.33. The molecule has 0 saturated carbocycles. The van der Waals surface area contributed by atoms with Gasteiger partial charge in [0.05, 0.1) is 12.0 Å². The normalized spacial score (nSPS) is 14.4. The Kier molecular flexibility index (Phi) is 7.66. The summed E-state index contributed by atoms with van der Waals surface area (Å²) in [4.78, 5) is 25.7. The third kappa shape index (κ3) is 5.67. The van der Waals surface area contributed by atoms with E-state index in [1.54, 1.807) is 49.6 Å². The van der Waals surface area contributed by atoms with Gasteiger partial charge in [0, 0.05) is 10.0 Å². The minimum absolute atomic E-state index is 0.252. The number of rotatable bonds is 7. The average Bonchev–Trinajstić information content (AvgIpc) is 3.11. The molecule has 34 heavy (non-hydrogen) atoms. The Morgan fingerprint density at radius 3 is 2.53 bits per heavy atom. The van der Waals surface area contributed by atoms with Crippen molar-refractivity contribution in [2.75, 3.05) is 7.11 Å². The third-order valence-electron chi connectivity index (χ3n) is 4.84.